The molecule has 3 saturated carbocycles. The molecule has 1 N–H and O–H groups in total. The molecule has 1 nitrogen and oxygen atoms in total. The summed E-state index contributed by atoms with van der Waals surface area (Å²) in [5, 5.41) is 10.6. The Labute approximate surface area is 208 Å². The summed E-state index contributed by atoms with van der Waals surface area (Å²) in [6.07, 6.45) is 17.1. The summed E-state index contributed by atoms with van der Waals surface area (Å²) in [5.41, 5.74) is 10.5. The molecule has 7 atom stereocenters. The standard InChI is InChI=1S/C31H50OS/c1-9-25-19-24(20-29(33-8)23(25)4)12-13-26-11-10-17-31(7)27(14-15-28(26)31)22(3)21(2)16-18-30(5,6)32/h8,12-13,21-22,25,27-29,32H,4,9-11,14-20H2,1-3,5-7H3/b24-12+,26-13+/t21-,22+,25-,27?,28?,29-,31-/m1/s1. The number of fused-ring (bicyclic) bond motifs is 1. The number of allylic oxidation sites excluding steroid dienone is 4. The van der Waals surface area contributed by atoms with Crippen LogP contribution >= 0.6 is 11.2 Å². The van der Waals surface area contributed by atoms with Crippen LogP contribution in [-0.2, 0) is 0 Å². The van der Waals surface area contributed by atoms with E-state index in [-0.39, 0.29) is 0 Å². The van der Waals surface area contributed by atoms with Crippen LogP contribution in [0.25, 0.3) is 0 Å². The lowest BCUT2D eigenvalue weighted by Crippen LogP contribution is -2.37. The van der Waals surface area contributed by atoms with Crippen molar-refractivity contribution in [3.05, 3.63) is 35.5 Å². The van der Waals surface area contributed by atoms with Crippen molar-refractivity contribution in [3.8, 4) is 5.69 Å². The second kappa shape index (κ2) is 10.8. The van der Waals surface area contributed by atoms with Crippen LogP contribution in [0.2, 0.25) is 0 Å². The first-order chi connectivity index (χ1) is 15.5. The Morgan fingerprint density at radius 2 is 1.97 bits per heavy atom. The molecule has 3 aliphatic carbocycles. The second-order valence-electron chi connectivity index (χ2n) is 12.6. The Morgan fingerprint density at radius 1 is 1.24 bits per heavy atom. The number of rotatable bonds is 7. The minimum absolute atomic E-state index is 0.382. The zero-order chi connectivity index (χ0) is 24.4. The van der Waals surface area contributed by atoms with E-state index in [1.54, 1.807) is 11.1 Å². The molecule has 0 heterocycles. The van der Waals surface area contributed by atoms with E-state index < -0.39 is 5.60 Å². The van der Waals surface area contributed by atoms with Crippen molar-refractivity contribution in [1.82, 2.24) is 0 Å². The average Bonchev–Trinajstić information content (AvgIpc) is 3.13. The quantitative estimate of drug-likeness (QED) is 0.368. The van der Waals surface area contributed by atoms with Gasteiger partial charge in [0.15, 0.2) is 0 Å². The predicted molar refractivity (Wildman–Crippen MR) is 147 cm³/mol. The topological polar surface area (TPSA) is 20.2 Å². The van der Waals surface area contributed by atoms with E-state index >= 15 is 0 Å². The summed E-state index contributed by atoms with van der Waals surface area (Å²) >= 11 is 1.49. The van der Waals surface area contributed by atoms with Gasteiger partial charge in [0.2, 0.25) is 0 Å². The molecule has 0 spiro atoms. The van der Waals surface area contributed by atoms with Gasteiger partial charge in [0, 0.05) is 0 Å². The van der Waals surface area contributed by atoms with Crippen molar-refractivity contribution in [2.75, 3.05) is 0 Å². The zero-order valence-corrected chi connectivity index (χ0v) is 23.1. The van der Waals surface area contributed by atoms with Crippen LogP contribution < -0.4 is 0 Å². The fourth-order valence-electron chi connectivity index (χ4n) is 7.45. The maximum atomic E-state index is 10.2. The van der Waals surface area contributed by atoms with Gasteiger partial charge in [0.25, 0.3) is 0 Å². The van der Waals surface area contributed by atoms with Crippen molar-refractivity contribution < 1.29 is 5.11 Å². The molecule has 0 saturated heterocycles. The molecule has 2 heteroatoms. The highest BCUT2D eigenvalue weighted by Crippen LogP contribution is 2.60. The summed E-state index contributed by atoms with van der Waals surface area (Å²) in [6.45, 7) is 18.1. The average molecular weight is 471 g/mol. The van der Waals surface area contributed by atoms with Crippen LogP contribution in [0, 0.1) is 40.7 Å². The number of hydrogen-bond acceptors (Lipinski definition) is 1. The molecule has 3 fully saturated rings. The Kier molecular flexibility index (Phi) is 8.80. The van der Waals surface area contributed by atoms with Crippen LogP contribution in [0.3, 0.4) is 0 Å². The molecule has 0 aromatic heterocycles. The van der Waals surface area contributed by atoms with Crippen molar-refractivity contribution in [3.63, 3.8) is 0 Å². The normalized spacial score (nSPS) is 37.2. The van der Waals surface area contributed by atoms with Crippen molar-refractivity contribution >= 4 is 11.2 Å². The number of hydrogen-bond donors (Lipinski definition) is 1. The highest BCUT2D eigenvalue weighted by molar-refractivity contribution is 7.89. The summed E-state index contributed by atoms with van der Waals surface area (Å²) < 4.78 is 0. The summed E-state index contributed by atoms with van der Waals surface area (Å²) in [7, 11) is 0. The maximum absolute atomic E-state index is 10.2. The summed E-state index contributed by atoms with van der Waals surface area (Å²) in [5.74, 6) is 3.52. The van der Waals surface area contributed by atoms with Crippen molar-refractivity contribution in [2.24, 2.45) is 35.0 Å². The highest BCUT2D eigenvalue weighted by atomic mass is 32.1. The van der Waals surface area contributed by atoms with Gasteiger partial charge in [0.1, 0.15) is 0 Å². The molecule has 0 bridgehead atoms. The Morgan fingerprint density at radius 3 is 2.61 bits per heavy atom. The third-order valence-corrected chi connectivity index (χ3v) is 10.7. The van der Waals surface area contributed by atoms with E-state index in [0.717, 1.165) is 49.9 Å². The van der Waals surface area contributed by atoms with E-state index in [2.05, 4.69) is 46.4 Å². The van der Waals surface area contributed by atoms with Gasteiger partial charge >= 0.3 is 0 Å². The van der Waals surface area contributed by atoms with Gasteiger partial charge < -0.3 is 5.11 Å². The molecule has 33 heavy (non-hydrogen) atoms. The van der Waals surface area contributed by atoms with Gasteiger partial charge in [0.05, 0.1) is 10.9 Å². The molecule has 0 aliphatic heterocycles. The monoisotopic (exact) mass is 470 g/mol. The van der Waals surface area contributed by atoms with Crippen LogP contribution in [-0.4, -0.2) is 16.0 Å². The molecule has 0 aromatic rings. The first-order valence-corrected chi connectivity index (χ1v) is 14.6. The molecule has 0 radical (unpaired) electrons. The minimum atomic E-state index is -0.548. The fourth-order valence-corrected chi connectivity index (χ4v) is 8.13. The lowest BCUT2D eigenvalue weighted by atomic mass is 9.59. The molecule has 0 amide bonds. The Balaban J connectivity index is 1.74. The molecule has 3 aliphatic rings. The second-order valence-corrected chi connectivity index (χ2v) is 13.4. The Hall–Kier alpha value is -0.820. The predicted octanol–water partition coefficient (Wildman–Crippen LogP) is 8.95. The fraction of sp³-hybridized carbons (Fsp3) is 0.774. The van der Waals surface area contributed by atoms with E-state index in [0.29, 0.717) is 22.5 Å². The summed E-state index contributed by atoms with van der Waals surface area (Å²) in [6, 6.07) is 0. The van der Waals surface area contributed by atoms with Crippen molar-refractivity contribution in [1.29, 1.82) is 0 Å². The van der Waals surface area contributed by atoms with Gasteiger partial charge in [-0.05, 0) is 113 Å². The lowest BCUT2D eigenvalue weighted by molar-refractivity contribution is 0.0447. The molecule has 0 aromatic carbocycles. The zero-order valence-electron chi connectivity index (χ0n) is 22.3. The van der Waals surface area contributed by atoms with E-state index in [1.165, 1.54) is 48.8 Å². The van der Waals surface area contributed by atoms with Gasteiger partial charge in [-0.3, -0.25) is 0 Å². The van der Waals surface area contributed by atoms with Crippen LogP contribution in [0.1, 0.15) is 106 Å². The van der Waals surface area contributed by atoms with E-state index in [4.69, 9.17) is 5.69 Å². The molecule has 3 rings (SSSR count). The van der Waals surface area contributed by atoms with Gasteiger partial charge in [-0.25, -0.2) is 0 Å². The van der Waals surface area contributed by atoms with Gasteiger partial charge in [-0.1, -0.05) is 63.1 Å². The molecular weight excluding hydrogens is 420 g/mol. The summed E-state index contributed by atoms with van der Waals surface area (Å²) in [4.78, 5) is 0. The molecule has 2 unspecified atom stereocenters. The van der Waals surface area contributed by atoms with Crippen molar-refractivity contribution in [2.45, 2.75) is 117 Å². The SMILES string of the molecule is C#S[C@@H]1C/C(=C/C=C2\CCC[C@@]3(C)C2CCC3[C@@H](C)[C@H](C)CCC(C)(C)O)C[C@@H](CC)C1=C. The minimum Gasteiger partial charge on any atom is -0.390 e. The first-order valence-electron chi connectivity index (χ1n) is 13.6. The van der Waals surface area contributed by atoms with Gasteiger partial charge in [-0.15, -0.1) is 16.9 Å². The largest absolute Gasteiger partial charge is 0.390 e. The van der Waals surface area contributed by atoms with Crippen LogP contribution in [0.5, 0.6) is 0 Å². The molecular formula is C31H50OS. The highest BCUT2D eigenvalue weighted by Gasteiger charge is 2.51. The van der Waals surface area contributed by atoms with Gasteiger partial charge in [-0.2, -0.15) is 0 Å². The van der Waals surface area contributed by atoms with Crippen LogP contribution in [0.4, 0.5) is 0 Å². The maximum Gasteiger partial charge on any atom is 0.0591 e. The van der Waals surface area contributed by atoms with Crippen LogP contribution in [0.15, 0.2) is 35.5 Å². The third kappa shape index (κ3) is 6.06. The number of aliphatic hydroxyl groups is 1. The smallest absolute Gasteiger partial charge is 0.0591 e. The first kappa shape index (κ1) is 26.8. The van der Waals surface area contributed by atoms with E-state index in [1.807, 2.05) is 13.8 Å². The molecule has 186 valence electrons. The lowest BCUT2D eigenvalue weighted by Gasteiger charge is -2.45. The Bertz CT molecular complexity index is 806. The van der Waals surface area contributed by atoms with E-state index in [9.17, 15) is 5.11 Å². The third-order valence-electron chi connectivity index (χ3n) is 9.87.